The maximum Gasteiger partial charge on any atom is 0.275 e. The number of benzene rings is 1. The van der Waals surface area contributed by atoms with Gasteiger partial charge in [-0.15, -0.1) is 0 Å². The van der Waals surface area contributed by atoms with Gasteiger partial charge in [-0.25, -0.2) is 8.78 Å². The molecule has 1 fully saturated rings. The monoisotopic (exact) mass is 489 g/mol. The first-order valence-corrected chi connectivity index (χ1v) is 11.1. The third-order valence-electron chi connectivity index (χ3n) is 6.29. The number of fused-ring (bicyclic) bond motifs is 1. The Kier molecular flexibility index (Phi) is 6.88. The Hall–Kier alpha value is -3.73. The van der Waals surface area contributed by atoms with E-state index in [4.69, 9.17) is 9.47 Å². The summed E-state index contributed by atoms with van der Waals surface area (Å²) in [6.07, 6.45) is 3.80. The van der Waals surface area contributed by atoms with Crippen LogP contribution < -0.4 is 10.7 Å². The fraction of sp³-hybridized carbons (Fsp3) is 0.375. The molecule has 0 saturated carbocycles. The lowest BCUT2D eigenvalue weighted by molar-refractivity contribution is -0.0582. The summed E-state index contributed by atoms with van der Waals surface area (Å²) in [6, 6.07) is 2.91. The summed E-state index contributed by atoms with van der Waals surface area (Å²) in [5, 5.41) is 13.0. The number of aromatic nitrogens is 1. The molecule has 11 heteroatoms. The van der Waals surface area contributed by atoms with Crippen LogP contribution in [0.3, 0.4) is 0 Å². The van der Waals surface area contributed by atoms with E-state index in [1.165, 1.54) is 23.1 Å². The van der Waals surface area contributed by atoms with E-state index in [1.807, 2.05) is 0 Å². The number of nitrogens with one attached hydrogen (secondary N) is 1. The molecule has 2 N–H and O–H groups in total. The third-order valence-corrected chi connectivity index (χ3v) is 6.29. The second-order valence-corrected chi connectivity index (χ2v) is 8.49. The van der Waals surface area contributed by atoms with Gasteiger partial charge >= 0.3 is 0 Å². The van der Waals surface area contributed by atoms with E-state index in [0.29, 0.717) is 25.5 Å². The van der Waals surface area contributed by atoms with Crippen LogP contribution in [0.25, 0.3) is 0 Å². The van der Waals surface area contributed by atoms with Gasteiger partial charge in [0.25, 0.3) is 11.8 Å². The number of amides is 2. The first-order chi connectivity index (χ1) is 16.8. The molecule has 2 aliphatic rings. The lowest BCUT2D eigenvalue weighted by Gasteiger charge is -2.49. The standard InChI is InChI=1S/C24H25F2N3O6/c1-2-34-9-7-29-23(33)19-21(31)20(30)17(12-28(19)13-24(29)6-3-8-35-14-24)22(32)27-11-15-4-5-16(25)10-18(15)26/h2,4-5,10,12,31H,1,3,6-9,11,13-14H2,(H,27,32). The normalized spacial score (nSPS) is 19.4. The highest BCUT2D eigenvalue weighted by Gasteiger charge is 2.47. The van der Waals surface area contributed by atoms with Crippen molar-refractivity contribution in [3.8, 4) is 5.75 Å². The van der Waals surface area contributed by atoms with Gasteiger partial charge in [0.05, 0.1) is 25.0 Å². The third kappa shape index (κ3) is 4.63. The average molecular weight is 489 g/mol. The summed E-state index contributed by atoms with van der Waals surface area (Å²) in [5.74, 6) is -3.90. The summed E-state index contributed by atoms with van der Waals surface area (Å²) in [4.78, 5) is 40.5. The molecule has 0 aliphatic carbocycles. The summed E-state index contributed by atoms with van der Waals surface area (Å²) < 4.78 is 39.3. The van der Waals surface area contributed by atoms with Crippen molar-refractivity contribution in [1.82, 2.24) is 14.8 Å². The van der Waals surface area contributed by atoms with Crippen molar-refractivity contribution in [1.29, 1.82) is 0 Å². The molecule has 1 unspecified atom stereocenters. The van der Waals surface area contributed by atoms with Crippen molar-refractivity contribution in [3.63, 3.8) is 0 Å². The predicted molar refractivity (Wildman–Crippen MR) is 120 cm³/mol. The van der Waals surface area contributed by atoms with Crippen LogP contribution in [0.15, 0.2) is 42.0 Å². The SMILES string of the molecule is C=COCCN1C(=O)c2c(O)c(=O)c(C(=O)NCc3ccc(F)cc3F)cn2CC12CCCOC2. The lowest BCUT2D eigenvalue weighted by atomic mass is 9.87. The van der Waals surface area contributed by atoms with Crippen molar-refractivity contribution in [2.24, 2.45) is 0 Å². The number of aromatic hydroxyl groups is 1. The van der Waals surface area contributed by atoms with Crippen LogP contribution in [-0.4, -0.2) is 58.3 Å². The summed E-state index contributed by atoms with van der Waals surface area (Å²) in [7, 11) is 0. The van der Waals surface area contributed by atoms with Gasteiger partial charge in [-0.05, 0) is 18.9 Å². The maximum atomic E-state index is 13.9. The molecule has 186 valence electrons. The van der Waals surface area contributed by atoms with Crippen LogP contribution in [0.4, 0.5) is 8.78 Å². The molecule has 0 bridgehead atoms. The zero-order valence-electron chi connectivity index (χ0n) is 18.9. The van der Waals surface area contributed by atoms with Crippen LogP contribution in [0.1, 0.15) is 39.3 Å². The fourth-order valence-corrected chi connectivity index (χ4v) is 4.58. The van der Waals surface area contributed by atoms with Crippen LogP contribution in [0.5, 0.6) is 5.75 Å². The van der Waals surface area contributed by atoms with Gasteiger partial charge in [0, 0.05) is 37.5 Å². The molecular formula is C24H25F2N3O6. The molecule has 1 saturated heterocycles. The second-order valence-electron chi connectivity index (χ2n) is 8.49. The lowest BCUT2D eigenvalue weighted by Crippen LogP contribution is -2.63. The number of hydrogen-bond donors (Lipinski definition) is 2. The molecule has 9 nitrogen and oxygen atoms in total. The zero-order valence-corrected chi connectivity index (χ0v) is 18.9. The Morgan fingerprint density at radius 3 is 2.83 bits per heavy atom. The highest BCUT2D eigenvalue weighted by molar-refractivity contribution is 5.99. The van der Waals surface area contributed by atoms with Gasteiger partial charge in [0.2, 0.25) is 5.43 Å². The first kappa shape index (κ1) is 24.4. The van der Waals surface area contributed by atoms with E-state index in [1.54, 1.807) is 4.90 Å². The number of rotatable bonds is 7. The van der Waals surface area contributed by atoms with Gasteiger partial charge < -0.3 is 29.4 Å². The Morgan fingerprint density at radius 1 is 1.34 bits per heavy atom. The van der Waals surface area contributed by atoms with E-state index in [9.17, 15) is 28.3 Å². The van der Waals surface area contributed by atoms with Crippen molar-refractivity contribution in [2.75, 3.05) is 26.4 Å². The number of hydrogen-bond acceptors (Lipinski definition) is 6. The molecule has 2 aliphatic heterocycles. The van der Waals surface area contributed by atoms with Gasteiger partial charge in [-0.3, -0.25) is 14.4 Å². The Labute approximate surface area is 199 Å². The van der Waals surface area contributed by atoms with Crippen LogP contribution in [0, 0.1) is 11.6 Å². The Morgan fingerprint density at radius 2 is 2.14 bits per heavy atom. The maximum absolute atomic E-state index is 13.9. The highest BCUT2D eigenvalue weighted by Crippen LogP contribution is 2.35. The smallest absolute Gasteiger partial charge is 0.275 e. The van der Waals surface area contributed by atoms with E-state index < -0.39 is 45.7 Å². The second kappa shape index (κ2) is 9.87. The number of pyridine rings is 1. The number of ether oxygens (including phenoxy) is 2. The molecule has 1 aromatic heterocycles. The highest BCUT2D eigenvalue weighted by atomic mass is 19.1. The van der Waals surface area contributed by atoms with E-state index >= 15 is 0 Å². The van der Waals surface area contributed by atoms with E-state index in [0.717, 1.165) is 6.07 Å². The first-order valence-electron chi connectivity index (χ1n) is 11.1. The molecular weight excluding hydrogens is 464 g/mol. The average Bonchev–Trinajstić information content (AvgIpc) is 2.83. The number of carbonyl (C=O) groups is 2. The number of halogens is 2. The quantitative estimate of drug-likeness (QED) is 0.454. The van der Waals surface area contributed by atoms with Crippen LogP contribution >= 0.6 is 0 Å². The molecule has 1 aromatic carbocycles. The van der Waals surface area contributed by atoms with E-state index in [-0.39, 0.29) is 44.1 Å². The largest absolute Gasteiger partial charge is 0.503 e. The predicted octanol–water partition coefficient (Wildman–Crippen LogP) is 1.93. The number of carbonyl (C=O) groups excluding carboxylic acids is 2. The van der Waals surface area contributed by atoms with Gasteiger partial charge in [-0.1, -0.05) is 12.6 Å². The molecule has 0 radical (unpaired) electrons. The van der Waals surface area contributed by atoms with Gasteiger partial charge in [0.1, 0.15) is 23.8 Å². The molecule has 1 atom stereocenters. The minimum absolute atomic E-state index is 0.0212. The fourth-order valence-electron chi connectivity index (χ4n) is 4.58. The molecule has 3 heterocycles. The summed E-state index contributed by atoms with van der Waals surface area (Å²) in [5.41, 5.74) is -2.39. The minimum Gasteiger partial charge on any atom is -0.503 e. The Balaban J connectivity index is 1.65. The van der Waals surface area contributed by atoms with Gasteiger partial charge in [-0.2, -0.15) is 0 Å². The molecule has 2 amide bonds. The summed E-state index contributed by atoms with van der Waals surface area (Å²) >= 11 is 0. The molecule has 2 aromatic rings. The molecule has 4 rings (SSSR count). The van der Waals surface area contributed by atoms with Crippen molar-refractivity contribution >= 4 is 11.8 Å². The van der Waals surface area contributed by atoms with Crippen molar-refractivity contribution < 1.29 is 33.0 Å². The zero-order chi connectivity index (χ0) is 25.2. The van der Waals surface area contributed by atoms with Crippen molar-refractivity contribution in [3.05, 3.63) is 75.9 Å². The van der Waals surface area contributed by atoms with Crippen LogP contribution in [-0.2, 0) is 22.6 Å². The summed E-state index contributed by atoms with van der Waals surface area (Å²) in [6.45, 7) is 4.51. The van der Waals surface area contributed by atoms with Crippen molar-refractivity contribution in [2.45, 2.75) is 31.5 Å². The van der Waals surface area contributed by atoms with Gasteiger partial charge in [0.15, 0.2) is 11.4 Å². The molecule has 1 spiro atoms. The van der Waals surface area contributed by atoms with Crippen LogP contribution in [0.2, 0.25) is 0 Å². The Bertz CT molecular complexity index is 1220. The van der Waals surface area contributed by atoms with E-state index in [2.05, 4.69) is 11.9 Å². The molecule has 35 heavy (non-hydrogen) atoms. The minimum atomic E-state index is -1.03. The topological polar surface area (TPSA) is 110 Å². The number of nitrogens with zero attached hydrogens (tertiary/aromatic N) is 2.